The number of aromatic nitrogens is 2. The fourth-order valence-corrected chi connectivity index (χ4v) is 1.86. The van der Waals surface area contributed by atoms with E-state index in [4.69, 9.17) is 11.6 Å². The maximum absolute atomic E-state index is 13.3. The summed E-state index contributed by atoms with van der Waals surface area (Å²) in [5.74, 6) is -1.20. The van der Waals surface area contributed by atoms with E-state index < -0.39 is 17.8 Å². The molecule has 0 radical (unpaired) electrons. The summed E-state index contributed by atoms with van der Waals surface area (Å²) >= 11 is 5.56. The van der Waals surface area contributed by atoms with Crippen molar-refractivity contribution in [2.24, 2.45) is 7.05 Å². The van der Waals surface area contributed by atoms with E-state index in [0.717, 1.165) is 10.7 Å². The van der Waals surface area contributed by atoms with Crippen LogP contribution in [0.2, 0.25) is 5.02 Å². The van der Waals surface area contributed by atoms with Crippen molar-refractivity contribution in [3.05, 3.63) is 62.8 Å². The molecule has 1 aromatic carbocycles. The first-order valence-electron chi connectivity index (χ1n) is 6.34. The molecule has 1 heterocycles. The van der Waals surface area contributed by atoms with Gasteiger partial charge in [-0.15, -0.1) is 0 Å². The first kappa shape index (κ1) is 16.1. The summed E-state index contributed by atoms with van der Waals surface area (Å²) in [5.41, 5.74) is -0.0135. The Balaban J connectivity index is 2.02. The van der Waals surface area contributed by atoms with Gasteiger partial charge in [0.25, 0.3) is 11.5 Å². The maximum atomic E-state index is 13.3. The first-order valence-corrected chi connectivity index (χ1v) is 6.72. The Morgan fingerprint density at radius 3 is 2.82 bits per heavy atom. The number of rotatable bonds is 4. The highest BCUT2D eigenvalue weighted by Gasteiger charge is 2.14. The van der Waals surface area contributed by atoms with Crippen LogP contribution in [-0.4, -0.2) is 27.3 Å². The lowest BCUT2D eigenvalue weighted by Gasteiger charge is -2.12. The molecule has 2 aromatic rings. The van der Waals surface area contributed by atoms with Crippen molar-refractivity contribution in [2.45, 2.75) is 6.10 Å². The lowest BCUT2D eigenvalue weighted by atomic mass is 10.1. The van der Waals surface area contributed by atoms with Crippen LogP contribution in [0.4, 0.5) is 4.39 Å². The second-order valence-corrected chi connectivity index (χ2v) is 4.99. The van der Waals surface area contributed by atoms with Gasteiger partial charge >= 0.3 is 0 Å². The monoisotopic (exact) mass is 325 g/mol. The number of aliphatic hydroxyl groups excluding tert-OH is 1. The van der Waals surface area contributed by atoms with Crippen LogP contribution >= 0.6 is 11.6 Å². The van der Waals surface area contributed by atoms with Crippen LogP contribution in [0, 0.1) is 5.82 Å². The van der Waals surface area contributed by atoms with Gasteiger partial charge in [-0.3, -0.25) is 9.59 Å². The topological polar surface area (TPSA) is 84.2 Å². The van der Waals surface area contributed by atoms with E-state index in [0.29, 0.717) is 0 Å². The third-order valence-electron chi connectivity index (χ3n) is 2.98. The molecule has 0 saturated carbocycles. The highest BCUT2D eigenvalue weighted by atomic mass is 35.5. The molecule has 0 aliphatic carbocycles. The molecule has 1 unspecified atom stereocenters. The molecular formula is C14H13ClFN3O3. The minimum atomic E-state index is -1.09. The van der Waals surface area contributed by atoms with E-state index >= 15 is 0 Å². The standard InChI is InChI=1S/C14H13ClFN3O3/c1-19-13(21)5-4-11(18-19)14(22)17-7-12(20)8-2-3-9(15)10(16)6-8/h2-6,12,20H,7H2,1H3,(H,17,22). The summed E-state index contributed by atoms with van der Waals surface area (Å²) in [6, 6.07) is 6.39. The van der Waals surface area contributed by atoms with E-state index in [1.807, 2.05) is 0 Å². The zero-order valence-electron chi connectivity index (χ0n) is 11.6. The fourth-order valence-electron chi connectivity index (χ4n) is 1.74. The Morgan fingerprint density at radius 1 is 1.45 bits per heavy atom. The Bertz CT molecular complexity index is 763. The van der Waals surface area contributed by atoms with Crippen molar-refractivity contribution >= 4 is 17.5 Å². The smallest absolute Gasteiger partial charge is 0.271 e. The lowest BCUT2D eigenvalue weighted by molar-refractivity contribution is 0.0909. The van der Waals surface area contributed by atoms with Crippen LogP contribution in [0.5, 0.6) is 0 Å². The highest BCUT2D eigenvalue weighted by molar-refractivity contribution is 6.30. The molecular weight excluding hydrogens is 313 g/mol. The molecule has 22 heavy (non-hydrogen) atoms. The van der Waals surface area contributed by atoms with Gasteiger partial charge in [0, 0.05) is 19.7 Å². The average molecular weight is 326 g/mol. The molecule has 1 aromatic heterocycles. The van der Waals surface area contributed by atoms with E-state index in [1.165, 1.54) is 31.3 Å². The number of amides is 1. The molecule has 1 atom stereocenters. The number of hydrogen-bond donors (Lipinski definition) is 2. The summed E-state index contributed by atoms with van der Waals surface area (Å²) in [6.07, 6.45) is -1.09. The molecule has 0 saturated heterocycles. The van der Waals surface area contributed by atoms with Gasteiger partial charge in [-0.1, -0.05) is 17.7 Å². The predicted molar refractivity (Wildman–Crippen MR) is 78.2 cm³/mol. The Labute approximate surface area is 130 Å². The average Bonchev–Trinajstić information content (AvgIpc) is 2.50. The minimum Gasteiger partial charge on any atom is -0.387 e. The summed E-state index contributed by atoms with van der Waals surface area (Å²) in [5, 5.41) is 16.1. The number of hydrogen-bond acceptors (Lipinski definition) is 4. The number of carbonyl (C=O) groups excluding carboxylic acids is 1. The number of nitrogens with zero attached hydrogens (tertiary/aromatic N) is 2. The summed E-state index contributed by atoms with van der Waals surface area (Å²) < 4.78 is 14.3. The second-order valence-electron chi connectivity index (χ2n) is 4.58. The van der Waals surface area contributed by atoms with E-state index in [9.17, 15) is 19.1 Å². The van der Waals surface area contributed by atoms with Gasteiger partial charge in [-0.25, -0.2) is 9.07 Å². The predicted octanol–water partition coefficient (Wildman–Crippen LogP) is 1.04. The highest BCUT2D eigenvalue weighted by Crippen LogP contribution is 2.19. The van der Waals surface area contributed by atoms with Gasteiger partial charge in [-0.05, 0) is 23.8 Å². The zero-order chi connectivity index (χ0) is 16.3. The molecule has 0 spiro atoms. The fraction of sp³-hybridized carbons (Fsp3) is 0.214. The zero-order valence-corrected chi connectivity index (χ0v) is 12.3. The Kier molecular flexibility index (Phi) is 4.89. The Morgan fingerprint density at radius 2 is 2.18 bits per heavy atom. The first-order chi connectivity index (χ1) is 10.4. The third kappa shape index (κ3) is 3.69. The molecule has 0 aliphatic rings. The van der Waals surface area contributed by atoms with Crippen LogP contribution in [0.25, 0.3) is 0 Å². The van der Waals surface area contributed by atoms with Gasteiger partial charge in [0.15, 0.2) is 0 Å². The number of aryl methyl sites for hydroxylation is 1. The molecule has 0 aliphatic heterocycles. The molecule has 116 valence electrons. The molecule has 6 nitrogen and oxygen atoms in total. The number of aliphatic hydroxyl groups is 1. The summed E-state index contributed by atoms with van der Waals surface area (Å²) in [7, 11) is 1.42. The van der Waals surface area contributed by atoms with Crippen LogP contribution < -0.4 is 10.9 Å². The van der Waals surface area contributed by atoms with Crippen molar-refractivity contribution < 1.29 is 14.3 Å². The van der Waals surface area contributed by atoms with E-state index in [2.05, 4.69) is 10.4 Å². The van der Waals surface area contributed by atoms with Gasteiger partial charge in [-0.2, -0.15) is 5.10 Å². The number of halogens is 2. The SMILES string of the molecule is Cn1nc(C(=O)NCC(O)c2ccc(Cl)c(F)c2)ccc1=O. The van der Waals surface area contributed by atoms with Crippen LogP contribution in [0.1, 0.15) is 22.2 Å². The van der Waals surface area contributed by atoms with Crippen LogP contribution in [-0.2, 0) is 7.05 Å². The third-order valence-corrected chi connectivity index (χ3v) is 3.28. The van der Waals surface area contributed by atoms with Crippen molar-refractivity contribution in [1.82, 2.24) is 15.1 Å². The van der Waals surface area contributed by atoms with E-state index in [-0.39, 0.29) is 28.4 Å². The molecule has 2 rings (SSSR count). The minimum absolute atomic E-state index is 0.0385. The number of benzene rings is 1. The number of carbonyl (C=O) groups is 1. The van der Waals surface area contributed by atoms with Gasteiger partial charge in [0.1, 0.15) is 11.5 Å². The number of nitrogens with one attached hydrogen (secondary N) is 1. The van der Waals surface area contributed by atoms with Gasteiger partial charge in [0.05, 0.1) is 11.1 Å². The van der Waals surface area contributed by atoms with Gasteiger partial charge in [0.2, 0.25) is 0 Å². The molecule has 0 fully saturated rings. The maximum Gasteiger partial charge on any atom is 0.271 e. The lowest BCUT2D eigenvalue weighted by Crippen LogP contribution is -2.31. The summed E-state index contributed by atoms with van der Waals surface area (Å²) in [6.45, 7) is -0.134. The molecule has 0 bridgehead atoms. The van der Waals surface area contributed by atoms with E-state index in [1.54, 1.807) is 0 Å². The van der Waals surface area contributed by atoms with Crippen molar-refractivity contribution in [1.29, 1.82) is 0 Å². The van der Waals surface area contributed by atoms with Crippen molar-refractivity contribution in [3.8, 4) is 0 Å². The van der Waals surface area contributed by atoms with Gasteiger partial charge < -0.3 is 10.4 Å². The van der Waals surface area contributed by atoms with Crippen LogP contribution in [0.3, 0.4) is 0 Å². The largest absolute Gasteiger partial charge is 0.387 e. The normalized spacial score (nSPS) is 12.0. The van der Waals surface area contributed by atoms with Crippen molar-refractivity contribution in [2.75, 3.05) is 6.54 Å². The second kappa shape index (κ2) is 6.67. The Hall–Kier alpha value is -2.25. The van der Waals surface area contributed by atoms with Crippen LogP contribution in [0.15, 0.2) is 35.1 Å². The quantitative estimate of drug-likeness (QED) is 0.879. The summed E-state index contributed by atoms with van der Waals surface area (Å²) in [4.78, 5) is 23.1. The van der Waals surface area contributed by atoms with Crippen molar-refractivity contribution in [3.63, 3.8) is 0 Å². The molecule has 1 amide bonds. The molecule has 8 heteroatoms. The molecule has 2 N–H and O–H groups in total.